The van der Waals surface area contributed by atoms with Crippen molar-refractivity contribution in [3.8, 4) is 0 Å². The van der Waals surface area contributed by atoms with Crippen LogP contribution in [0.4, 0.5) is 0 Å². The summed E-state index contributed by atoms with van der Waals surface area (Å²) in [5.41, 5.74) is 0. The molecule has 4 nitrogen and oxygen atoms in total. The van der Waals surface area contributed by atoms with Gasteiger partial charge in [0.05, 0.1) is 12.7 Å². The van der Waals surface area contributed by atoms with Gasteiger partial charge in [-0.3, -0.25) is 9.05 Å². The fraction of sp³-hybridized carbons (Fsp3) is 1.00. The highest BCUT2D eigenvalue weighted by Gasteiger charge is 2.38. The van der Waals surface area contributed by atoms with Crippen molar-refractivity contribution in [2.75, 3.05) is 6.61 Å². The molecule has 0 aliphatic carbocycles. The van der Waals surface area contributed by atoms with Crippen molar-refractivity contribution in [2.24, 2.45) is 0 Å². The number of hydrogen-bond acceptors (Lipinski definition) is 3. The van der Waals surface area contributed by atoms with Crippen molar-refractivity contribution in [2.45, 2.75) is 73.1 Å². The molecule has 1 atom stereocenters. The van der Waals surface area contributed by atoms with Gasteiger partial charge in [-0.05, 0) is 48.0 Å². The molecule has 104 valence electrons. The fourth-order valence-corrected chi connectivity index (χ4v) is 4.17. The topological polar surface area (TPSA) is 38.8 Å². The number of rotatable bonds is 8. The summed E-state index contributed by atoms with van der Waals surface area (Å²) >= 11 is 0. The minimum atomic E-state index is -3.18. The van der Waals surface area contributed by atoms with E-state index in [1.54, 1.807) is 0 Å². The largest absolute Gasteiger partial charge is 0.408 e. The van der Waals surface area contributed by atoms with Crippen LogP contribution in [-0.4, -0.2) is 29.5 Å². The van der Waals surface area contributed by atoms with Gasteiger partial charge in [-0.15, -0.1) is 0 Å². The minimum Gasteiger partial charge on any atom is -0.297 e. The third-order valence-electron chi connectivity index (χ3n) is 2.14. The second kappa shape index (κ2) is 7.52. The van der Waals surface area contributed by atoms with Gasteiger partial charge in [0.15, 0.2) is 0 Å². The average molecular weight is 265 g/mol. The van der Waals surface area contributed by atoms with Crippen LogP contribution in [0.1, 0.15) is 54.9 Å². The molecule has 0 heterocycles. The Balaban J connectivity index is 5.03. The van der Waals surface area contributed by atoms with Crippen molar-refractivity contribution < 1.29 is 13.6 Å². The normalized spacial score (nSPS) is 16.2. The van der Waals surface area contributed by atoms with Gasteiger partial charge in [0.1, 0.15) is 0 Å². The molecule has 0 saturated heterocycles. The Hall–Kier alpha value is 0.110. The molecule has 0 aromatic carbocycles. The lowest BCUT2D eigenvalue weighted by molar-refractivity contribution is 0.108. The quantitative estimate of drug-likeness (QED) is 0.620. The van der Waals surface area contributed by atoms with Gasteiger partial charge in [-0.1, -0.05) is 6.92 Å². The van der Waals surface area contributed by atoms with Crippen molar-refractivity contribution >= 4 is 7.75 Å². The molecule has 0 bridgehead atoms. The smallest absolute Gasteiger partial charge is 0.297 e. The first-order valence-corrected chi connectivity index (χ1v) is 7.96. The van der Waals surface area contributed by atoms with E-state index in [1.807, 2.05) is 53.1 Å². The van der Waals surface area contributed by atoms with E-state index in [-0.39, 0.29) is 18.2 Å². The molecule has 0 aromatic heterocycles. The van der Waals surface area contributed by atoms with Crippen LogP contribution in [0, 0.1) is 0 Å². The third-order valence-corrected chi connectivity index (χ3v) is 4.83. The van der Waals surface area contributed by atoms with Gasteiger partial charge in [0, 0.05) is 12.1 Å². The minimum absolute atomic E-state index is 0.113. The molecule has 1 unspecified atom stereocenters. The van der Waals surface area contributed by atoms with Gasteiger partial charge < -0.3 is 0 Å². The highest BCUT2D eigenvalue weighted by Crippen LogP contribution is 2.55. The number of nitrogens with zero attached hydrogens (tertiary/aromatic N) is 1. The Morgan fingerprint density at radius 3 is 1.82 bits per heavy atom. The lowest BCUT2D eigenvalue weighted by atomic mass is 10.3. The standard InChI is InChI=1S/C12H28NO3P/c1-8-9-15-17(14,16-12(6)7)13(10(2)3)11(4)5/h10-12H,8-9H2,1-7H3. The first-order chi connectivity index (χ1) is 7.74. The van der Waals surface area contributed by atoms with E-state index in [9.17, 15) is 4.57 Å². The van der Waals surface area contributed by atoms with E-state index < -0.39 is 7.75 Å². The molecule has 0 aromatic rings. The van der Waals surface area contributed by atoms with Crippen LogP contribution in [0.15, 0.2) is 0 Å². The second-order valence-electron chi connectivity index (χ2n) is 5.02. The molecule has 0 aliphatic rings. The van der Waals surface area contributed by atoms with E-state index >= 15 is 0 Å². The van der Waals surface area contributed by atoms with Crippen LogP contribution in [0.3, 0.4) is 0 Å². The van der Waals surface area contributed by atoms with Gasteiger partial charge in [-0.25, -0.2) is 9.24 Å². The van der Waals surface area contributed by atoms with E-state index in [1.165, 1.54) is 0 Å². The molecule has 0 amide bonds. The first kappa shape index (κ1) is 17.1. The summed E-state index contributed by atoms with van der Waals surface area (Å²) in [6.45, 7) is 14.2. The molecule has 0 aliphatic heterocycles. The Bertz CT molecular complexity index is 246. The first-order valence-electron chi connectivity index (χ1n) is 6.46. The zero-order valence-corrected chi connectivity index (χ0v) is 13.2. The zero-order valence-electron chi connectivity index (χ0n) is 12.3. The van der Waals surface area contributed by atoms with E-state index in [4.69, 9.17) is 9.05 Å². The van der Waals surface area contributed by atoms with Gasteiger partial charge in [-0.2, -0.15) is 0 Å². The monoisotopic (exact) mass is 265 g/mol. The Morgan fingerprint density at radius 1 is 1.06 bits per heavy atom. The molecular weight excluding hydrogens is 237 g/mol. The van der Waals surface area contributed by atoms with Crippen molar-refractivity contribution in [1.29, 1.82) is 0 Å². The molecule has 0 saturated carbocycles. The van der Waals surface area contributed by atoms with E-state index in [2.05, 4.69) is 0 Å². The van der Waals surface area contributed by atoms with Crippen LogP contribution in [-0.2, 0) is 13.6 Å². The van der Waals surface area contributed by atoms with Crippen molar-refractivity contribution in [3.63, 3.8) is 0 Å². The lowest BCUT2D eigenvalue weighted by Crippen LogP contribution is -2.36. The average Bonchev–Trinajstić information content (AvgIpc) is 2.11. The summed E-state index contributed by atoms with van der Waals surface area (Å²) in [5.74, 6) is 0. The third kappa shape index (κ3) is 5.52. The second-order valence-corrected chi connectivity index (χ2v) is 6.89. The summed E-state index contributed by atoms with van der Waals surface area (Å²) < 4.78 is 25.8. The summed E-state index contributed by atoms with van der Waals surface area (Å²) in [5, 5.41) is 0. The maximum absolute atomic E-state index is 12.8. The molecular formula is C12H28NO3P. The van der Waals surface area contributed by atoms with E-state index in [0.717, 1.165) is 6.42 Å². The number of hydrogen-bond donors (Lipinski definition) is 0. The summed E-state index contributed by atoms with van der Waals surface area (Å²) in [7, 11) is -3.18. The fourth-order valence-electron chi connectivity index (χ4n) is 1.79. The highest BCUT2D eigenvalue weighted by atomic mass is 31.2. The van der Waals surface area contributed by atoms with Gasteiger partial charge >= 0.3 is 7.75 Å². The maximum Gasteiger partial charge on any atom is 0.408 e. The summed E-state index contributed by atoms with van der Waals surface area (Å²) in [6, 6.07) is 0.243. The van der Waals surface area contributed by atoms with Gasteiger partial charge in [0.2, 0.25) is 0 Å². The lowest BCUT2D eigenvalue weighted by Gasteiger charge is -2.36. The van der Waals surface area contributed by atoms with Crippen LogP contribution in [0.2, 0.25) is 0 Å². The summed E-state index contributed by atoms with van der Waals surface area (Å²) in [4.78, 5) is 0. The highest BCUT2D eigenvalue weighted by molar-refractivity contribution is 7.51. The molecule has 0 N–H and O–H groups in total. The molecule has 0 rings (SSSR count). The van der Waals surface area contributed by atoms with Crippen LogP contribution in [0.5, 0.6) is 0 Å². The Kier molecular flexibility index (Phi) is 7.57. The van der Waals surface area contributed by atoms with Crippen LogP contribution in [0.25, 0.3) is 0 Å². The van der Waals surface area contributed by atoms with Crippen molar-refractivity contribution in [3.05, 3.63) is 0 Å². The van der Waals surface area contributed by atoms with Crippen molar-refractivity contribution in [1.82, 2.24) is 4.67 Å². The SMILES string of the molecule is CCCOP(=O)(OC(C)C)N(C(C)C)C(C)C. The predicted octanol–water partition coefficient (Wildman–Crippen LogP) is 4.06. The van der Waals surface area contributed by atoms with Gasteiger partial charge in [0.25, 0.3) is 0 Å². The maximum atomic E-state index is 12.8. The summed E-state index contributed by atoms with van der Waals surface area (Å²) in [6.07, 6.45) is 0.716. The molecule has 17 heavy (non-hydrogen) atoms. The molecule has 0 radical (unpaired) electrons. The zero-order chi connectivity index (χ0) is 13.6. The molecule has 0 spiro atoms. The van der Waals surface area contributed by atoms with E-state index in [0.29, 0.717) is 6.61 Å². The Morgan fingerprint density at radius 2 is 1.53 bits per heavy atom. The molecule has 0 fully saturated rings. The Labute approximate surface area is 106 Å². The predicted molar refractivity (Wildman–Crippen MR) is 72.2 cm³/mol. The van der Waals surface area contributed by atoms with Crippen LogP contribution >= 0.6 is 7.75 Å². The molecule has 5 heteroatoms. The van der Waals surface area contributed by atoms with Crippen LogP contribution < -0.4 is 0 Å².